The molecule has 1 nitrogen and oxygen atoms in total. The molecule has 12 heavy (non-hydrogen) atoms. The fourth-order valence-corrected chi connectivity index (χ4v) is 1.97. The molecular weight excluding hydrogens is 275 g/mol. The zero-order valence-corrected chi connectivity index (χ0v) is 11.7. The Hall–Kier alpha value is 1.46. The van der Waals surface area contributed by atoms with E-state index < -0.39 is 5.60 Å². The van der Waals surface area contributed by atoms with Gasteiger partial charge in [-0.2, -0.15) is 0 Å². The predicted octanol–water partition coefficient (Wildman–Crippen LogP) is -1.67. The van der Waals surface area contributed by atoms with Gasteiger partial charge in [0.2, 0.25) is 0 Å². The maximum absolute atomic E-state index is 11.7. The van der Waals surface area contributed by atoms with Gasteiger partial charge in [-0.05, 0) is 5.92 Å². The third-order valence-corrected chi connectivity index (χ3v) is 2.30. The average Bonchev–Trinajstić information content (AvgIpc) is 2.12. The molecule has 1 aliphatic carbocycles. The van der Waals surface area contributed by atoms with Crippen molar-refractivity contribution in [2.75, 3.05) is 0 Å². The summed E-state index contributed by atoms with van der Waals surface area (Å²) in [7, 11) is 0. The summed E-state index contributed by atoms with van der Waals surface area (Å²) in [6.45, 7) is 4.27. The molecule has 0 bridgehead atoms. The van der Waals surface area contributed by atoms with Gasteiger partial charge in [0.15, 0.2) is 0 Å². The molecule has 0 aromatic heterocycles. The smallest absolute Gasteiger partial charge is 1.00 e. The summed E-state index contributed by atoms with van der Waals surface area (Å²) in [5, 5.41) is 11.7. The first-order valence-electron chi connectivity index (χ1n) is 4.33. The van der Waals surface area contributed by atoms with Crippen LogP contribution >= 0.6 is 0 Å². The summed E-state index contributed by atoms with van der Waals surface area (Å²) in [5.74, 6) is 0.579. The molecule has 1 aliphatic rings. The largest absolute Gasteiger partial charge is 2.00 e. The normalized spacial score (nSPS) is 20.0. The number of halogens is 1. The molecule has 0 aliphatic heterocycles. The summed E-state index contributed by atoms with van der Waals surface area (Å²) in [6.07, 6.45) is 5.05. The van der Waals surface area contributed by atoms with Crippen LogP contribution in [0.2, 0.25) is 0 Å². The first-order valence-corrected chi connectivity index (χ1v) is 4.33. The van der Waals surface area contributed by atoms with Gasteiger partial charge in [0, 0.05) is 0 Å². The molecule has 0 atom stereocenters. The molecule has 1 rings (SSSR count). The van der Waals surface area contributed by atoms with Crippen LogP contribution in [0.25, 0.3) is 0 Å². The van der Waals surface area contributed by atoms with E-state index in [1.54, 1.807) is 0 Å². The first-order chi connectivity index (χ1) is 4.62. The van der Waals surface area contributed by atoms with E-state index in [-0.39, 0.29) is 47.0 Å². The quantitative estimate of drug-likeness (QED) is 0.441. The van der Waals surface area contributed by atoms with Crippen molar-refractivity contribution in [1.82, 2.24) is 0 Å². The molecule has 1 fully saturated rings. The zero-order valence-electron chi connectivity index (χ0n) is 8.11. The van der Waals surface area contributed by atoms with Gasteiger partial charge in [-0.15, -0.1) is 5.60 Å². The Morgan fingerprint density at radius 1 is 1.25 bits per heavy atom. The van der Waals surface area contributed by atoms with Crippen LogP contribution in [0.1, 0.15) is 46.0 Å². The topological polar surface area (TPSA) is 23.1 Å². The van der Waals surface area contributed by atoms with E-state index in [1.807, 2.05) is 0 Å². The minimum absolute atomic E-state index is 0. The second kappa shape index (κ2) is 6.84. The molecule has 0 radical (unpaired) electrons. The van der Waals surface area contributed by atoms with Crippen molar-refractivity contribution in [1.29, 1.82) is 0 Å². The number of rotatable bonds is 2. The van der Waals surface area contributed by atoms with Crippen molar-refractivity contribution >= 4 is 23.1 Å². The molecule has 68 valence electrons. The summed E-state index contributed by atoms with van der Waals surface area (Å²) in [5.41, 5.74) is -0.534. The molecular formula is C9H17IMgO. The minimum Gasteiger partial charge on any atom is -1.00 e. The van der Waals surface area contributed by atoms with E-state index in [0.717, 1.165) is 32.1 Å². The van der Waals surface area contributed by atoms with Gasteiger partial charge in [-0.3, -0.25) is 0 Å². The Labute approximate surface area is 109 Å². The molecule has 0 amide bonds. The second-order valence-electron chi connectivity index (χ2n) is 3.99. The average molecular weight is 292 g/mol. The SMILES string of the molecule is CC(C)CC1([O-])CCCC1.[I-].[Mg+2]. The maximum atomic E-state index is 11.7. The van der Waals surface area contributed by atoms with Crippen molar-refractivity contribution in [3.05, 3.63) is 0 Å². The molecule has 0 heterocycles. The third kappa shape index (κ3) is 5.24. The first kappa shape index (κ1) is 15.9. The Bertz CT molecular complexity index is 111. The van der Waals surface area contributed by atoms with Gasteiger partial charge >= 0.3 is 23.1 Å². The van der Waals surface area contributed by atoms with Gasteiger partial charge in [0.25, 0.3) is 0 Å². The van der Waals surface area contributed by atoms with Crippen LogP contribution in [0.3, 0.4) is 0 Å². The molecule has 0 aromatic rings. The fraction of sp³-hybridized carbons (Fsp3) is 1.00. The number of hydrogen-bond donors (Lipinski definition) is 0. The van der Waals surface area contributed by atoms with Crippen LogP contribution < -0.4 is 29.1 Å². The monoisotopic (exact) mass is 292 g/mol. The Kier molecular flexibility index (Phi) is 9.07. The minimum atomic E-state index is -0.534. The van der Waals surface area contributed by atoms with E-state index in [2.05, 4.69) is 13.8 Å². The Balaban J connectivity index is 0. The van der Waals surface area contributed by atoms with Crippen molar-refractivity contribution in [3.63, 3.8) is 0 Å². The van der Waals surface area contributed by atoms with Gasteiger partial charge in [-0.1, -0.05) is 46.0 Å². The van der Waals surface area contributed by atoms with Crippen LogP contribution in [-0.2, 0) is 0 Å². The van der Waals surface area contributed by atoms with Gasteiger partial charge in [0.05, 0.1) is 0 Å². The molecule has 1 saturated carbocycles. The zero-order chi connectivity index (χ0) is 7.61. The summed E-state index contributed by atoms with van der Waals surface area (Å²) >= 11 is 0. The van der Waals surface area contributed by atoms with Crippen LogP contribution in [0.5, 0.6) is 0 Å². The molecule has 0 aromatic carbocycles. The molecule has 0 spiro atoms. The van der Waals surface area contributed by atoms with Crippen molar-refractivity contribution in [2.24, 2.45) is 5.92 Å². The predicted molar refractivity (Wildman–Crippen MR) is 46.4 cm³/mol. The van der Waals surface area contributed by atoms with E-state index in [9.17, 15) is 5.11 Å². The summed E-state index contributed by atoms with van der Waals surface area (Å²) in [4.78, 5) is 0. The van der Waals surface area contributed by atoms with Crippen molar-refractivity contribution < 1.29 is 29.1 Å². The van der Waals surface area contributed by atoms with E-state index in [1.165, 1.54) is 0 Å². The van der Waals surface area contributed by atoms with Gasteiger partial charge in [-0.25, -0.2) is 0 Å². The van der Waals surface area contributed by atoms with E-state index >= 15 is 0 Å². The molecule has 0 unspecified atom stereocenters. The van der Waals surface area contributed by atoms with Crippen molar-refractivity contribution in [3.8, 4) is 0 Å². The van der Waals surface area contributed by atoms with Gasteiger partial charge in [0.1, 0.15) is 0 Å². The van der Waals surface area contributed by atoms with Crippen LogP contribution in [0, 0.1) is 5.92 Å². The molecule has 0 saturated heterocycles. The van der Waals surface area contributed by atoms with Gasteiger partial charge < -0.3 is 29.1 Å². The summed E-state index contributed by atoms with van der Waals surface area (Å²) in [6, 6.07) is 0. The standard InChI is InChI=1S/C9H17O.HI.Mg/c1-8(2)7-9(10)5-3-4-6-9;;/h8H,3-7H2,1-2H3;1H;/q-1;;+2/p-1. The van der Waals surface area contributed by atoms with Crippen molar-refractivity contribution in [2.45, 2.75) is 51.6 Å². The van der Waals surface area contributed by atoms with Crippen LogP contribution in [0.4, 0.5) is 0 Å². The maximum Gasteiger partial charge on any atom is 2.00 e. The number of hydrogen-bond acceptors (Lipinski definition) is 1. The Morgan fingerprint density at radius 3 is 2.00 bits per heavy atom. The second-order valence-corrected chi connectivity index (χ2v) is 3.99. The van der Waals surface area contributed by atoms with E-state index in [0.29, 0.717) is 5.92 Å². The van der Waals surface area contributed by atoms with Crippen LogP contribution in [-0.4, -0.2) is 28.7 Å². The van der Waals surface area contributed by atoms with Crippen LogP contribution in [0.15, 0.2) is 0 Å². The van der Waals surface area contributed by atoms with E-state index in [4.69, 9.17) is 0 Å². The fourth-order valence-electron chi connectivity index (χ4n) is 1.97. The molecule has 0 N–H and O–H groups in total. The molecule has 3 heteroatoms. The third-order valence-electron chi connectivity index (χ3n) is 2.30. The Morgan fingerprint density at radius 2 is 1.67 bits per heavy atom. The summed E-state index contributed by atoms with van der Waals surface area (Å²) < 4.78 is 0.